The van der Waals surface area contributed by atoms with E-state index < -0.39 is 11.9 Å². The summed E-state index contributed by atoms with van der Waals surface area (Å²) >= 11 is 0. The number of rotatable bonds is 7. The Bertz CT molecular complexity index is 1250. The number of esters is 1. The summed E-state index contributed by atoms with van der Waals surface area (Å²) in [6.45, 7) is 11.5. The highest BCUT2D eigenvalue weighted by Gasteiger charge is 2.13. The monoisotopic (exact) mass is 566 g/mol. The van der Waals surface area contributed by atoms with Gasteiger partial charge in [-0.2, -0.15) is 0 Å². The third-order valence-electron chi connectivity index (χ3n) is 5.10. The van der Waals surface area contributed by atoms with Crippen molar-refractivity contribution in [1.29, 1.82) is 0 Å². The largest absolute Gasteiger partial charge is 0.463 e. The topological polar surface area (TPSA) is 78.9 Å². The number of hydrogen-bond acceptors (Lipinski definition) is 6. The normalized spacial score (nSPS) is 9.00. The smallest absolute Gasteiger partial charge is 0.386 e. The molecule has 0 aliphatic carbocycles. The standard InChI is InChI=1S/C14H10O4.C8H8.C7H12O2.C7H8/c15-13(11-7-3-1-4-8-11)17-18-14(16)12-9-5-2-6-10-12;1-2-8-6-4-3-5-7-8;1-3-5-6-9-7(8)4-2;1-7-5-3-2-4-6-7/h1-10H;2-7H,1H2;4H,2-3,5-6H2,1H3;2-6H,1H3. The lowest BCUT2D eigenvalue weighted by atomic mass is 10.2. The maximum Gasteiger partial charge on any atom is 0.386 e. The van der Waals surface area contributed by atoms with E-state index in [9.17, 15) is 14.4 Å². The molecule has 0 aliphatic heterocycles. The van der Waals surface area contributed by atoms with Crippen LogP contribution in [0.3, 0.4) is 0 Å². The summed E-state index contributed by atoms with van der Waals surface area (Å²) in [5, 5.41) is 0. The van der Waals surface area contributed by atoms with Crippen LogP contribution in [0.2, 0.25) is 0 Å². The van der Waals surface area contributed by atoms with Gasteiger partial charge < -0.3 is 4.74 Å². The molecule has 6 nitrogen and oxygen atoms in total. The van der Waals surface area contributed by atoms with Gasteiger partial charge in [-0.3, -0.25) is 0 Å². The van der Waals surface area contributed by atoms with Crippen molar-refractivity contribution in [2.75, 3.05) is 6.61 Å². The quantitative estimate of drug-likeness (QED) is 0.0734. The number of aryl methyl sites for hydroxylation is 1. The van der Waals surface area contributed by atoms with E-state index in [-0.39, 0.29) is 5.97 Å². The van der Waals surface area contributed by atoms with E-state index in [1.165, 1.54) is 17.2 Å². The van der Waals surface area contributed by atoms with Crippen LogP contribution in [0.25, 0.3) is 6.08 Å². The molecule has 0 saturated heterocycles. The minimum absolute atomic E-state index is 0.318. The van der Waals surface area contributed by atoms with Crippen LogP contribution in [0.4, 0.5) is 0 Å². The summed E-state index contributed by atoms with van der Waals surface area (Å²) < 4.78 is 4.67. The molecule has 0 bridgehead atoms. The number of hydrogen-bond donors (Lipinski definition) is 0. The summed E-state index contributed by atoms with van der Waals surface area (Å²) in [6, 6.07) is 36.9. The van der Waals surface area contributed by atoms with Gasteiger partial charge in [-0.05, 0) is 43.2 Å². The van der Waals surface area contributed by atoms with E-state index in [0.29, 0.717) is 17.7 Å². The second kappa shape index (κ2) is 22.6. The minimum Gasteiger partial charge on any atom is -0.463 e. The van der Waals surface area contributed by atoms with E-state index in [1.807, 2.05) is 61.5 Å². The number of unbranched alkanes of at least 4 members (excludes halogenated alkanes) is 1. The zero-order valence-corrected chi connectivity index (χ0v) is 24.2. The van der Waals surface area contributed by atoms with Crippen molar-refractivity contribution < 1.29 is 28.9 Å². The Kier molecular flexibility index (Phi) is 18.7. The Labute approximate surface area is 248 Å². The van der Waals surface area contributed by atoms with Gasteiger partial charge in [0.25, 0.3) is 0 Å². The van der Waals surface area contributed by atoms with E-state index in [4.69, 9.17) is 0 Å². The van der Waals surface area contributed by atoms with Crippen LogP contribution in [-0.2, 0) is 19.3 Å². The minimum atomic E-state index is -0.708. The van der Waals surface area contributed by atoms with Gasteiger partial charge in [-0.25, -0.2) is 24.2 Å². The average molecular weight is 567 g/mol. The van der Waals surface area contributed by atoms with Crippen molar-refractivity contribution in [2.45, 2.75) is 26.7 Å². The van der Waals surface area contributed by atoms with Gasteiger partial charge in [-0.15, -0.1) is 0 Å². The molecule has 0 heterocycles. The Hall–Kier alpha value is -5.23. The molecule has 0 N–H and O–H groups in total. The molecule has 0 atom stereocenters. The molecule has 4 rings (SSSR count). The molecule has 0 saturated carbocycles. The van der Waals surface area contributed by atoms with Crippen LogP contribution in [0.5, 0.6) is 0 Å². The molecule has 4 aromatic rings. The first-order valence-corrected chi connectivity index (χ1v) is 13.4. The van der Waals surface area contributed by atoms with Crippen LogP contribution in [0.15, 0.2) is 141 Å². The second-order valence-corrected chi connectivity index (χ2v) is 8.47. The molecule has 6 heteroatoms. The first-order chi connectivity index (χ1) is 20.4. The van der Waals surface area contributed by atoms with Gasteiger partial charge >= 0.3 is 17.9 Å². The lowest BCUT2D eigenvalue weighted by Crippen LogP contribution is -2.11. The Morgan fingerprint density at radius 1 is 0.643 bits per heavy atom. The maximum absolute atomic E-state index is 11.5. The van der Waals surface area contributed by atoms with E-state index >= 15 is 0 Å². The van der Waals surface area contributed by atoms with Crippen LogP contribution in [0.1, 0.15) is 51.6 Å². The molecule has 0 unspecified atom stereocenters. The highest BCUT2D eigenvalue weighted by atomic mass is 17.2. The zero-order chi connectivity index (χ0) is 30.8. The molecule has 0 spiro atoms. The number of benzene rings is 4. The van der Waals surface area contributed by atoms with Crippen LogP contribution < -0.4 is 0 Å². The lowest BCUT2D eigenvalue weighted by Gasteiger charge is -2.02. The van der Waals surface area contributed by atoms with Crippen molar-refractivity contribution in [2.24, 2.45) is 0 Å². The molecule has 4 aromatic carbocycles. The number of carbonyl (C=O) groups excluding carboxylic acids is 3. The van der Waals surface area contributed by atoms with Crippen molar-refractivity contribution in [3.05, 3.63) is 163 Å². The van der Waals surface area contributed by atoms with Gasteiger partial charge in [0, 0.05) is 6.08 Å². The van der Waals surface area contributed by atoms with Crippen LogP contribution >= 0.6 is 0 Å². The molecule has 218 valence electrons. The Balaban J connectivity index is 0.000000309. The van der Waals surface area contributed by atoms with Gasteiger partial charge in [0.1, 0.15) is 0 Å². The molecule has 0 fully saturated rings. The van der Waals surface area contributed by atoms with Gasteiger partial charge in [0.05, 0.1) is 17.7 Å². The summed E-state index contributed by atoms with van der Waals surface area (Å²) in [7, 11) is 0. The molecule has 0 radical (unpaired) electrons. The van der Waals surface area contributed by atoms with E-state index in [0.717, 1.165) is 12.8 Å². The van der Waals surface area contributed by atoms with Crippen molar-refractivity contribution in [3.8, 4) is 0 Å². The summed E-state index contributed by atoms with van der Waals surface area (Å²) in [6.07, 6.45) is 4.99. The summed E-state index contributed by atoms with van der Waals surface area (Å²) in [5.74, 6) is -1.75. The molecular formula is C36H38O6. The first kappa shape index (κ1) is 34.8. The van der Waals surface area contributed by atoms with E-state index in [2.05, 4.69) is 46.7 Å². The predicted molar refractivity (Wildman–Crippen MR) is 167 cm³/mol. The fourth-order valence-electron chi connectivity index (χ4n) is 2.82. The highest BCUT2D eigenvalue weighted by molar-refractivity contribution is 5.92. The van der Waals surface area contributed by atoms with Crippen molar-refractivity contribution >= 4 is 24.0 Å². The lowest BCUT2D eigenvalue weighted by molar-refractivity contribution is -0.187. The van der Waals surface area contributed by atoms with Gasteiger partial charge in [0.2, 0.25) is 0 Å². The Morgan fingerprint density at radius 3 is 1.36 bits per heavy atom. The van der Waals surface area contributed by atoms with Gasteiger partial charge in [0.15, 0.2) is 0 Å². The maximum atomic E-state index is 11.5. The molecular weight excluding hydrogens is 528 g/mol. The molecule has 42 heavy (non-hydrogen) atoms. The average Bonchev–Trinajstić information content (AvgIpc) is 3.06. The molecule has 0 amide bonds. The zero-order valence-electron chi connectivity index (χ0n) is 24.2. The first-order valence-electron chi connectivity index (χ1n) is 13.4. The molecule has 0 aromatic heterocycles. The highest BCUT2D eigenvalue weighted by Crippen LogP contribution is 2.05. The van der Waals surface area contributed by atoms with E-state index in [1.54, 1.807) is 60.7 Å². The fraction of sp³-hybridized carbons (Fsp3) is 0.139. The van der Waals surface area contributed by atoms with Crippen molar-refractivity contribution in [1.82, 2.24) is 0 Å². The van der Waals surface area contributed by atoms with Crippen molar-refractivity contribution in [3.63, 3.8) is 0 Å². The number of carbonyl (C=O) groups is 3. The van der Waals surface area contributed by atoms with Crippen LogP contribution in [0, 0.1) is 6.92 Å². The third kappa shape index (κ3) is 16.7. The summed E-state index contributed by atoms with van der Waals surface area (Å²) in [4.78, 5) is 42.2. The fourth-order valence-corrected chi connectivity index (χ4v) is 2.82. The SMILES string of the molecule is C=CC(=O)OCCCC.C=Cc1ccccc1.Cc1ccccc1.O=C(OOC(=O)c1ccccc1)c1ccccc1. The Morgan fingerprint density at radius 2 is 1.05 bits per heavy atom. The molecule has 0 aliphatic rings. The predicted octanol–water partition coefficient (Wildman–Crippen LogP) is 8.46. The second-order valence-electron chi connectivity index (χ2n) is 8.47. The third-order valence-corrected chi connectivity index (χ3v) is 5.10. The van der Waals surface area contributed by atoms with Gasteiger partial charge in [-0.1, -0.05) is 135 Å². The summed E-state index contributed by atoms with van der Waals surface area (Å²) in [5.41, 5.74) is 3.13. The van der Waals surface area contributed by atoms with Crippen LogP contribution in [-0.4, -0.2) is 24.5 Å². The number of ether oxygens (including phenoxy) is 1.